The molecular formula is C20H29ClFN5O3S2. The third-order valence-electron chi connectivity index (χ3n) is 5.31. The number of benzene rings is 1. The Morgan fingerprint density at radius 1 is 1.38 bits per heavy atom. The number of hydrogen-bond acceptors (Lipinski definition) is 8. The maximum Gasteiger partial charge on any atom is 0.266 e. The fraction of sp³-hybridized carbons (Fsp3) is 0.550. The molecular weight excluding hydrogens is 477 g/mol. The third kappa shape index (κ3) is 7.00. The number of aromatic nitrogens is 1. The minimum absolute atomic E-state index is 0.132. The first-order valence-electron chi connectivity index (χ1n) is 10.6. The first kappa shape index (κ1) is 25.1. The first-order chi connectivity index (χ1) is 15.4. The van der Waals surface area contributed by atoms with Gasteiger partial charge in [0.15, 0.2) is 5.13 Å². The van der Waals surface area contributed by atoms with Gasteiger partial charge in [0.2, 0.25) is 0 Å². The van der Waals surface area contributed by atoms with Gasteiger partial charge in [-0.2, -0.15) is 0 Å². The van der Waals surface area contributed by atoms with Crippen LogP contribution in [0.2, 0.25) is 5.02 Å². The van der Waals surface area contributed by atoms with E-state index in [0.29, 0.717) is 18.3 Å². The van der Waals surface area contributed by atoms with E-state index < -0.39 is 20.7 Å². The molecule has 1 aromatic heterocycles. The summed E-state index contributed by atoms with van der Waals surface area (Å²) < 4.78 is 41.7. The highest BCUT2D eigenvalue weighted by atomic mass is 35.5. The Balaban J connectivity index is 1.52. The largest absolute Gasteiger partial charge is 0.396 e. The number of halogens is 2. The van der Waals surface area contributed by atoms with Gasteiger partial charge in [-0.1, -0.05) is 11.6 Å². The number of aliphatic hydroxyl groups is 1. The van der Waals surface area contributed by atoms with E-state index in [1.54, 1.807) is 5.38 Å². The Hall–Kier alpha value is -1.50. The molecule has 1 unspecified atom stereocenters. The maximum atomic E-state index is 14.6. The van der Waals surface area contributed by atoms with E-state index in [2.05, 4.69) is 25.2 Å². The highest BCUT2D eigenvalue weighted by Gasteiger charge is 2.23. The van der Waals surface area contributed by atoms with Gasteiger partial charge in [-0.15, -0.1) is 11.3 Å². The molecule has 2 heterocycles. The topological polar surface area (TPSA) is 107 Å². The molecule has 0 amide bonds. The molecule has 2 aromatic rings. The Kier molecular flexibility index (Phi) is 9.50. The van der Waals surface area contributed by atoms with E-state index in [4.69, 9.17) is 11.6 Å². The lowest BCUT2D eigenvalue weighted by Crippen LogP contribution is -2.41. The molecule has 178 valence electrons. The summed E-state index contributed by atoms with van der Waals surface area (Å²) in [6.45, 7) is 4.58. The van der Waals surface area contributed by atoms with Crippen molar-refractivity contribution in [3.05, 3.63) is 34.5 Å². The van der Waals surface area contributed by atoms with Crippen molar-refractivity contribution < 1.29 is 17.9 Å². The van der Waals surface area contributed by atoms with Gasteiger partial charge in [0.1, 0.15) is 10.7 Å². The molecule has 4 N–H and O–H groups in total. The number of rotatable bonds is 11. The normalized spacial score (nSPS) is 17.8. The Morgan fingerprint density at radius 2 is 2.22 bits per heavy atom. The van der Waals surface area contributed by atoms with Crippen molar-refractivity contribution >= 4 is 43.8 Å². The second-order valence-corrected chi connectivity index (χ2v) is 10.6. The molecule has 1 aliphatic rings. The molecule has 32 heavy (non-hydrogen) atoms. The van der Waals surface area contributed by atoms with E-state index in [9.17, 15) is 17.9 Å². The molecule has 0 saturated carbocycles. The minimum atomic E-state index is -4.13. The van der Waals surface area contributed by atoms with Gasteiger partial charge in [0.25, 0.3) is 10.0 Å². The van der Waals surface area contributed by atoms with Gasteiger partial charge >= 0.3 is 0 Å². The van der Waals surface area contributed by atoms with Gasteiger partial charge in [0.05, 0.1) is 10.7 Å². The summed E-state index contributed by atoms with van der Waals surface area (Å²) in [7, 11) is -4.13. The van der Waals surface area contributed by atoms with Crippen LogP contribution in [0.5, 0.6) is 0 Å². The average molecular weight is 506 g/mol. The first-order valence-corrected chi connectivity index (χ1v) is 13.4. The molecule has 1 saturated heterocycles. The maximum absolute atomic E-state index is 14.6. The van der Waals surface area contributed by atoms with Crippen LogP contribution in [0.4, 0.5) is 15.2 Å². The van der Waals surface area contributed by atoms with Crippen molar-refractivity contribution in [2.24, 2.45) is 0 Å². The summed E-state index contributed by atoms with van der Waals surface area (Å²) in [5, 5.41) is 17.7. The van der Waals surface area contributed by atoms with E-state index in [0.717, 1.165) is 75.3 Å². The number of thiazole rings is 1. The molecule has 8 nitrogen and oxygen atoms in total. The zero-order valence-corrected chi connectivity index (χ0v) is 20.1. The smallest absolute Gasteiger partial charge is 0.266 e. The summed E-state index contributed by atoms with van der Waals surface area (Å²) in [5.41, 5.74) is 0.356. The lowest BCUT2D eigenvalue weighted by Gasteiger charge is -2.29. The van der Waals surface area contributed by atoms with Crippen molar-refractivity contribution in [1.82, 2.24) is 15.2 Å². The van der Waals surface area contributed by atoms with Crippen LogP contribution < -0.4 is 15.4 Å². The van der Waals surface area contributed by atoms with Crippen LogP contribution in [0, 0.1) is 5.82 Å². The molecule has 0 spiro atoms. The Bertz CT molecular complexity index is 962. The summed E-state index contributed by atoms with van der Waals surface area (Å²) in [6.07, 6.45) is 5.09. The molecule has 0 radical (unpaired) electrons. The quantitative estimate of drug-likeness (QED) is 0.348. The summed E-state index contributed by atoms with van der Waals surface area (Å²) in [4.78, 5) is 5.74. The fourth-order valence-electron chi connectivity index (χ4n) is 3.69. The van der Waals surface area contributed by atoms with Gasteiger partial charge in [-0.05, 0) is 57.5 Å². The second-order valence-electron chi connectivity index (χ2n) is 7.60. The van der Waals surface area contributed by atoms with E-state index in [1.807, 2.05) is 0 Å². The van der Waals surface area contributed by atoms with Crippen LogP contribution in [0.15, 0.2) is 28.6 Å². The van der Waals surface area contributed by atoms with E-state index in [-0.39, 0.29) is 16.8 Å². The van der Waals surface area contributed by atoms with Gasteiger partial charge in [0, 0.05) is 37.3 Å². The van der Waals surface area contributed by atoms with Gasteiger partial charge in [-0.3, -0.25) is 9.62 Å². The fourth-order valence-corrected chi connectivity index (χ4v) is 5.86. The Labute approximate surface area is 197 Å². The van der Waals surface area contributed by atoms with Crippen LogP contribution in [-0.4, -0.2) is 68.8 Å². The molecule has 0 aliphatic carbocycles. The molecule has 0 bridgehead atoms. The van der Waals surface area contributed by atoms with Crippen molar-refractivity contribution in [1.29, 1.82) is 0 Å². The monoisotopic (exact) mass is 505 g/mol. The lowest BCUT2D eigenvalue weighted by atomic mass is 10.1. The summed E-state index contributed by atoms with van der Waals surface area (Å²) in [6, 6.07) is 2.56. The van der Waals surface area contributed by atoms with Crippen LogP contribution in [0.25, 0.3) is 0 Å². The van der Waals surface area contributed by atoms with Crippen LogP contribution in [-0.2, 0) is 10.0 Å². The number of anilines is 2. The molecule has 1 atom stereocenters. The predicted octanol–water partition coefficient (Wildman–Crippen LogP) is 2.97. The number of nitrogens with one attached hydrogen (secondary N) is 3. The Morgan fingerprint density at radius 3 is 2.97 bits per heavy atom. The number of nitrogens with zero attached hydrogens (tertiary/aromatic N) is 2. The zero-order valence-electron chi connectivity index (χ0n) is 17.7. The van der Waals surface area contributed by atoms with Crippen molar-refractivity contribution in [2.45, 2.75) is 36.6 Å². The molecule has 1 aliphatic heterocycles. The predicted molar refractivity (Wildman–Crippen MR) is 127 cm³/mol. The van der Waals surface area contributed by atoms with Gasteiger partial charge < -0.3 is 15.7 Å². The summed E-state index contributed by atoms with van der Waals surface area (Å²) in [5.74, 6) is -0.884. The summed E-state index contributed by atoms with van der Waals surface area (Å²) >= 11 is 7.32. The SMILES string of the molecule is O=S(=O)(Nc1nccs1)c1cc(Cl)c(NCCCCN2CCCNCC2CCO)cc1F. The van der Waals surface area contributed by atoms with Crippen molar-refractivity contribution in [3.8, 4) is 0 Å². The van der Waals surface area contributed by atoms with Gasteiger partial charge in [-0.25, -0.2) is 17.8 Å². The number of hydrogen-bond donors (Lipinski definition) is 4. The standard InChI is InChI=1S/C20H29ClFN5O3S2/c21-16-12-19(32(29,30)26-20-25-7-11-31-20)17(22)13-18(16)24-6-1-2-8-27-9-3-5-23-14-15(27)4-10-28/h7,11-13,15,23-24,28H,1-6,8-10,14H2,(H,25,26). The van der Waals surface area contributed by atoms with Crippen LogP contribution >= 0.6 is 22.9 Å². The number of aliphatic hydroxyl groups excluding tert-OH is 1. The molecule has 12 heteroatoms. The number of unbranched alkanes of at least 4 members (excludes halogenated alkanes) is 1. The average Bonchev–Trinajstić information content (AvgIpc) is 3.15. The van der Waals surface area contributed by atoms with Crippen LogP contribution in [0.3, 0.4) is 0 Å². The zero-order chi connectivity index (χ0) is 23.0. The highest BCUT2D eigenvalue weighted by molar-refractivity contribution is 7.93. The minimum Gasteiger partial charge on any atom is -0.396 e. The van der Waals surface area contributed by atoms with E-state index in [1.165, 1.54) is 6.20 Å². The molecule has 1 aromatic carbocycles. The third-order valence-corrected chi connectivity index (χ3v) is 7.79. The molecule has 3 rings (SSSR count). The van der Waals surface area contributed by atoms with Crippen LogP contribution in [0.1, 0.15) is 25.7 Å². The van der Waals surface area contributed by atoms with E-state index >= 15 is 0 Å². The van der Waals surface area contributed by atoms with Crippen molar-refractivity contribution in [2.75, 3.05) is 49.4 Å². The lowest BCUT2D eigenvalue weighted by molar-refractivity contribution is 0.164. The highest BCUT2D eigenvalue weighted by Crippen LogP contribution is 2.29. The second kappa shape index (κ2) is 12.1. The number of sulfonamides is 1. The molecule has 1 fully saturated rings. The van der Waals surface area contributed by atoms with Crippen molar-refractivity contribution in [3.63, 3.8) is 0 Å².